The standard InChI is InChI=1S/C33H33F3N6O3/c1-6-24(44)40-13-14-41-19(16-40)10-12-39(5)31-26-22(15-20(27(31)35)25-23(43)8-7-21(34)28(25)36)42(33(45)38-32(26)41)30-18(4)9-11-37-29(30)17(2)3/h6-9,11,15,17,19,43H,1,10,12-14,16H2,2-5H3. The number of phenols is 1. The van der Waals surface area contributed by atoms with Crippen LogP contribution in [0.2, 0.25) is 0 Å². The highest BCUT2D eigenvalue weighted by atomic mass is 19.2. The number of halogens is 3. The number of amides is 1. The van der Waals surface area contributed by atoms with Gasteiger partial charge in [-0.05, 0) is 55.2 Å². The molecule has 0 aliphatic carbocycles. The molecule has 1 N–H and O–H groups in total. The van der Waals surface area contributed by atoms with Crippen molar-refractivity contribution in [2.45, 2.75) is 39.2 Å². The van der Waals surface area contributed by atoms with Crippen LogP contribution in [0.1, 0.15) is 37.4 Å². The van der Waals surface area contributed by atoms with Gasteiger partial charge in [-0.25, -0.2) is 18.0 Å². The maximum absolute atomic E-state index is 16.9. The Balaban J connectivity index is 1.76. The van der Waals surface area contributed by atoms with Gasteiger partial charge in [-0.3, -0.25) is 14.3 Å². The van der Waals surface area contributed by atoms with Gasteiger partial charge in [0.1, 0.15) is 11.6 Å². The van der Waals surface area contributed by atoms with Gasteiger partial charge >= 0.3 is 5.69 Å². The van der Waals surface area contributed by atoms with E-state index >= 15 is 8.78 Å². The van der Waals surface area contributed by atoms with E-state index in [2.05, 4.69) is 16.5 Å². The van der Waals surface area contributed by atoms with E-state index in [1.165, 1.54) is 16.7 Å². The molecule has 0 spiro atoms. The van der Waals surface area contributed by atoms with Crippen molar-refractivity contribution in [1.82, 2.24) is 19.4 Å². The van der Waals surface area contributed by atoms with Crippen LogP contribution in [-0.2, 0) is 4.79 Å². The Hall–Kier alpha value is -4.87. The molecule has 1 amide bonds. The zero-order chi connectivity index (χ0) is 32.3. The van der Waals surface area contributed by atoms with E-state index in [1.807, 2.05) is 25.7 Å². The SMILES string of the molecule is C=CC(=O)N1CCN2c3nc(=O)n(-c4c(C)ccnc4C(C)C)c4cc(-c5c(O)ccc(F)c5F)c(F)c(c34)N(C)CCC2C1. The van der Waals surface area contributed by atoms with Crippen molar-refractivity contribution >= 4 is 28.3 Å². The number of carbonyl (C=O) groups is 1. The normalized spacial score (nSPS) is 16.5. The van der Waals surface area contributed by atoms with Gasteiger partial charge in [0.05, 0.1) is 33.5 Å². The molecule has 2 aliphatic rings. The van der Waals surface area contributed by atoms with Gasteiger partial charge in [0.2, 0.25) is 5.91 Å². The molecule has 1 saturated heterocycles. The van der Waals surface area contributed by atoms with Crippen LogP contribution in [0, 0.1) is 24.4 Å². The van der Waals surface area contributed by atoms with E-state index < -0.39 is 40.0 Å². The van der Waals surface area contributed by atoms with Crippen molar-refractivity contribution in [2.24, 2.45) is 0 Å². The van der Waals surface area contributed by atoms with Gasteiger partial charge < -0.3 is 19.8 Å². The molecule has 2 aromatic heterocycles. The van der Waals surface area contributed by atoms with Crippen molar-refractivity contribution in [3.63, 3.8) is 0 Å². The number of pyridine rings is 1. The van der Waals surface area contributed by atoms with Gasteiger partial charge in [-0.1, -0.05) is 20.4 Å². The first-order chi connectivity index (χ1) is 21.4. The second-order valence-electron chi connectivity index (χ2n) is 11.9. The van der Waals surface area contributed by atoms with Crippen LogP contribution < -0.4 is 15.5 Å². The monoisotopic (exact) mass is 618 g/mol. The molecule has 1 unspecified atom stereocenters. The molecule has 0 saturated carbocycles. The number of hydrogen-bond donors (Lipinski definition) is 1. The van der Waals surface area contributed by atoms with Crippen LogP contribution in [0.15, 0.2) is 47.9 Å². The van der Waals surface area contributed by atoms with E-state index in [1.54, 1.807) is 29.1 Å². The van der Waals surface area contributed by atoms with Crippen molar-refractivity contribution in [1.29, 1.82) is 0 Å². The van der Waals surface area contributed by atoms with Crippen LogP contribution in [0.25, 0.3) is 27.7 Å². The Morgan fingerprint density at radius 1 is 1.11 bits per heavy atom. The van der Waals surface area contributed by atoms with E-state index in [-0.39, 0.29) is 34.9 Å². The molecule has 4 aromatic rings. The number of nitrogens with zero attached hydrogens (tertiary/aromatic N) is 6. The van der Waals surface area contributed by atoms with Crippen molar-refractivity contribution in [2.75, 3.05) is 43.0 Å². The number of piperazine rings is 1. The number of aromatic hydroxyl groups is 1. The number of hydrogen-bond acceptors (Lipinski definition) is 7. The molecule has 6 rings (SSSR count). The Morgan fingerprint density at radius 3 is 2.58 bits per heavy atom. The summed E-state index contributed by atoms with van der Waals surface area (Å²) in [4.78, 5) is 41.1. The molecular weight excluding hydrogens is 585 g/mol. The van der Waals surface area contributed by atoms with Gasteiger partial charge in [0, 0.05) is 51.0 Å². The van der Waals surface area contributed by atoms with Gasteiger partial charge in [-0.2, -0.15) is 4.98 Å². The van der Waals surface area contributed by atoms with Crippen molar-refractivity contribution in [3.05, 3.63) is 82.3 Å². The summed E-state index contributed by atoms with van der Waals surface area (Å²) in [6.07, 6.45) is 3.38. The minimum atomic E-state index is -1.42. The molecule has 12 heteroatoms. The molecule has 0 radical (unpaired) electrons. The van der Waals surface area contributed by atoms with Gasteiger partial charge in [0.15, 0.2) is 17.5 Å². The number of anilines is 2. The molecule has 1 fully saturated rings. The lowest BCUT2D eigenvalue weighted by molar-refractivity contribution is -0.126. The number of phenolic OH excluding ortho intramolecular Hbond substituents is 1. The predicted octanol–water partition coefficient (Wildman–Crippen LogP) is 5.05. The summed E-state index contributed by atoms with van der Waals surface area (Å²) in [6, 6.07) is 4.50. The zero-order valence-electron chi connectivity index (χ0n) is 25.4. The van der Waals surface area contributed by atoms with E-state index in [0.717, 1.165) is 12.1 Å². The Labute approximate surface area is 257 Å². The van der Waals surface area contributed by atoms with Crippen LogP contribution in [0.3, 0.4) is 0 Å². The number of benzene rings is 2. The molecular formula is C33H33F3N6O3. The number of rotatable bonds is 4. The molecule has 45 heavy (non-hydrogen) atoms. The lowest BCUT2D eigenvalue weighted by Gasteiger charge is -2.44. The number of carbonyl (C=O) groups excluding carboxylic acids is 1. The van der Waals surface area contributed by atoms with E-state index in [0.29, 0.717) is 54.9 Å². The van der Waals surface area contributed by atoms with Crippen molar-refractivity contribution < 1.29 is 23.1 Å². The molecule has 4 heterocycles. The number of aryl methyl sites for hydroxylation is 1. The first-order valence-corrected chi connectivity index (χ1v) is 14.8. The molecule has 2 aliphatic heterocycles. The summed E-state index contributed by atoms with van der Waals surface area (Å²) in [7, 11) is 1.67. The van der Waals surface area contributed by atoms with E-state index in [4.69, 9.17) is 0 Å². The number of fused-ring (bicyclic) bond motifs is 2. The van der Waals surface area contributed by atoms with Gasteiger partial charge in [0.25, 0.3) is 0 Å². The first-order valence-electron chi connectivity index (χ1n) is 14.8. The maximum atomic E-state index is 16.9. The largest absolute Gasteiger partial charge is 0.507 e. The topological polar surface area (TPSA) is 94.8 Å². The fourth-order valence-corrected chi connectivity index (χ4v) is 6.54. The molecule has 234 valence electrons. The average Bonchev–Trinajstić information content (AvgIpc) is 3.01. The highest BCUT2D eigenvalue weighted by Crippen LogP contribution is 2.45. The molecule has 2 aromatic carbocycles. The minimum absolute atomic E-state index is 0.0255. The summed E-state index contributed by atoms with van der Waals surface area (Å²) in [5, 5.41) is 11.0. The summed E-state index contributed by atoms with van der Waals surface area (Å²) in [5.74, 6) is -4.33. The molecule has 1 atom stereocenters. The number of aromatic nitrogens is 3. The molecule has 0 bridgehead atoms. The van der Waals surface area contributed by atoms with Crippen LogP contribution >= 0.6 is 0 Å². The second-order valence-corrected chi connectivity index (χ2v) is 11.9. The summed E-state index contributed by atoms with van der Waals surface area (Å²) in [5.41, 5.74) is 0.229. The summed E-state index contributed by atoms with van der Waals surface area (Å²) >= 11 is 0. The quantitative estimate of drug-likeness (QED) is 0.320. The maximum Gasteiger partial charge on any atom is 0.354 e. The highest BCUT2D eigenvalue weighted by Gasteiger charge is 2.36. The fourth-order valence-electron chi connectivity index (χ4n) is 6.54. The van der Waals surface area contributed by atoms with Crippen molar-refractivity contribution in [3.8, 4) is 22.6 Å². The lowest BCUT2D eigenvalue weighted by Crippen LogP contribution is -2.56. The third-order valence-electron chi connectivity index (χ3n) is 8.76. The average molecular weight is 619 g/mol. The minimum Gasteiger partial charge on any atom is -0.507 e. The third-order valence-corrected chi connectivity index (χ3v) is 8.76. The lowest BCUT2D eigenvalue weighted by atomic mass is 9.96. The smallest absolute Gasteiger partial charge is 0.354 e. The van der Waals surface area contributed by atoms with Crippen LogP contribution in [0.4, 0.5) is 24.7 Å². The fraction of sp³-hybridized carbons (Fsp3) is 0.333. The Morgan fingerprint density at radius 2 is 1.87 bits per heavy atom. The Kier molecular flexibility index (Phi) is 7.54. The van der Waals surface area contributed by atoms with E-state index in [9.17, 15) is 19.1 Å². The zero-order valence-corrected chi connectivity index (χ0v) is 25.4. The van der Waals surface area contributed by atoms with Crippen LogP contribution in [-0.4, -0.2) is 69.7 Å². The second kappa shape index (κ2) is 11.2. The first kappa shape index (κ1) is 30.2. The molecule has 9 nitrogen and oxygen atoms in total. The highest BCUT2D eigenvalue weighted by molar-refractivity contribution is 6.05. The van der Waals surface area contributed by atoms with Gasteiger partial charge in [-0.15, -0.1) is 0 Å². The predicted molar refractivity (Wildman–Crippen MR) is 167 cm³/mol. The third kappa shape index (κ3) is 4.79. The Bertz CT molecular complexity index is 1940. The summed E-state index contributed by atoms with van der Waals surface area (Å²) < 4.78 is 48.1. The summed E-state index contributed by atoms with van der Waals surface area (Å²) in [6.45, 7) is 10.6. The van der Waals surface area contributed by atoms with Crippen LogP contribution in [0.5, 0.6) is 5.75 Å².